The van der Waals surface area contributed by atoms with Crippen molar-refractivity contribution in [1.29, 1.82) is 0 Å². The predicted octanol–water partition coefficient (Wildman–Crippen LogP) is 5.40. The Morgan fingerprint density at radius 2 is 1.70 bits per heavy atom. The Hall–Kier alpha value is -4.67. The standard InChI is InChI=1S/C35H27Cl2N3O7/c1-39-32(44)34(36)16-23-20(28(35(34,37)33(39)45)21-12-11-19(41)15-26(21)46-2)13-14-22-27(23)31(43)40(30(22)42)18-9-7-17(8-10-18)29-38-24-5-3-4-6-25(24)47-29/h3-13,15,22-23,27-28,41H,14,16H2,1-2H3/t22-,23+,27-,28+,34+,35-/m0/s1. The largest absolute Gasteiger partial charge is 0.508 e. The molecule has 3 heterocycles. The fourth-order valence-electron chi connectivity index (χ4n) is 8.03. The molecule has 238 valence electrons. The summed E-state index contributed by atoms with van der Waals surface area (Å²) in [4.78, 5) is 58.5. The quantitative estimate of drug-likeness (QED) is 0.173. The molecule has 2 aliphatic carbocycles. The number of fused-ring (bicyclic) bond motifs is 5. The third kappa shape index (κ3) is 3.88. The van der Waals surface area contributed by atoms with Crippen LogP contribution in [0.5, 0.6) is 11.5 Å². The van der Waals surface area contributed by atoms with Crippen LogP contribution >= 0.6 is 23.2 Å². The maximum Gasteiger partial charge on any atom is 0.253 e. The lowest BCUT2D eigenvalue weighted by Gasteiger charge is -2.51. The zero-order valence-electron chi connectivity index (χ0n) is 25.1. The molecule has 8 rings (SSSR count). The topological polar surface area (TPSA) is 130 Å². The van der Waals surface area contributed by atoms with Gasteiger partial charge >= 0.3 is 0 Å². The van der Waals surface area contributed by atoms with E-state index in [2.05, 4.69) is 4.98 Å². The first kappa shape index (κ1) is 29.7. The summed E-state index contributed by atoms with van der Waals surface area (Å²) in [6.07, 6.45) is 1.95. The van der Waals surface area contributed by atoms with Crippen molar-refractivity contribution in [3.05, 3.63) is 83.9 Å². The molecule has 12 heteroatoms. The Kier molecular flexibility index (Phi) is 6.43. The maximum atomic E-state index is 14.3. The van der Waals surface area contributed by atoms with Crippen molar-refractivity contribution in [2.24, 2.45) is 17.8 Å². The second kappa shape index (κ2) is 10.2. The summed E-state index contributed by atoms with van der Waals surface area (Å²) in [7, 11) is 2.75. The number of hydrogen-bond donors (Lipinski definition) is 1. The minimum atomic E-state index is -1.95. The molecule has 47 heavy (non-hydrogen) atoms. The number of hydrogen-bond acceptors (Lipinski definition) is 8. The van der Waals surface area contributed by atoms with Gasteiger partial charge in [-0.15, -0.1) is 23.2 Å². The Morgan fingerprint density at radius 3 is 2.43 bits per heavy atom. The van der Waals surface area contributed by atoms with Gasteiger partial charge in [-0.25, -0.2) is 4.98 Å². The molecule has 1 N–H and O–H groups in total. The number of ether oxygens (including phenoxy) is 1. The van der Waals surface area contributed by atoms with Gasteiger partial charge in [-0.1, -0.05) is 29.8 Å². The molecule has 10 nitrogen and oxygen atoms in total. The monoisotopic (exact) mass is 671 g/mol. The Labute approximate surface area is 278 Å². The number of likely N-dealkylation sites (tertiary alicyclic amines) is 1. The van der Waals surface area contributed by atoms with Gasteiger partial charge in [-0.05, 0) is 61.2 Å². The number of carbonyl (C=O) groups is 4. The average Bonchev–Trinajstić information content (AvgIpc) is 3.66. The molecule has 1 saturated carbocycles. The van der Waals surface area contributed by atoms with Crippen molar-refractivity contribution in [3.63, 3.8) is 0 Å². The van der Waals surface area contributed by atoms with Crippen LogP contribution in [0.2, 0.25) is 0 Å². The molecule has 3 aromatic carbocycles. The molecule has 2 aliphatic heterocycles. The number of rotatable bonds is 4. The number of aromatic nitrogens is 1. The van der Waals surface area contributed by atoms with Crippen molar-refractivity contribution < 1.29 is 33.4 Å². The Bertz CT molecular complexity index is 2040. The van der Waals surface area contributed by atoms with Crippen LogP contribution in [0.1, 0.15) is 24.3 Å². The van der Waals surface area contributed by atoms with E-state index in [0.29, 0.717) is 39.4 Å². The number of oxazole rings is 1. The fourth-order valence-corrected chi connectivity index (χ4v) is 9.04. The normalized spacial score (nSPS) is 30.0. The van der Waals surface area contributed by atoms with E-state index < -0.39 is 51.1 Å². The van der Waals surface area contributed by atoms with Gasteiger partial charge in [-0.2, -0.15) is 0 Å². The second-order valence-electron chi connectivity index (χ2n) is 12.5. The smallest absolute Gasteiger partial charge is 0.253 e. The fraction of sp³-hybridized carbons (Fsp3) is 0.286. The van der Waals surface area contributed by atoms with Crippen LogP contribution in [0.25, 0.3) is 22.6 Å². The van der Waals surface area contributed by atoms with Gasteiger partial charge < -0.3 is 14.3 Å². The highest BCUT2D eigenvalue weighted by molar-refractivity contribution is 6.53. The molecule has 6 atom stereocenters. The number of nitrogens with zero attached hydrogens (tertiary/aromatic N) is 3. The zero-order chi connectivity index (χ0) is 33.0. The molecular weight excluding hydrogens is 645 g/mol. The number of allylic oxidation sites excluding steroid dienone is 2. The molecule has 4 aromatic rings. The van der Waals surface area contributed by atoms with Crippen molar-refractivity contribution in [1.82, 2.24) is 9.88 Å². The molecule has 0 bridgehead atoms. The molecule has 3 fully saturated rings. The van der Waals surface area contributed by atoms with E-state index in [9.17, 15) is 24.3 Å². The van der Waals surface area contributed by atoms with E-state index in [1.807, 2.05) is 30.3 Å². The number of para-hydroxylation sites is 2. The van der Waals surface area contributed by atoms with E-state index in [1.54, 1.807) is 30.3 Å². The van der Waals surface area contributed by atoms with E-state index in [-0.39, 0.29) is 30.2 Å². The SMILES string of the molecule is COc1cc(O)ccc1[C@H]1C2=CC[C@@H]3C(=O)N(c4ccc(-c5nc6ccccc6o5)cc4)C(=O)[C@@H]3[C@@H]2C[C@@]2(Cl)C(=O)N(C)C(=O)[C@@]12Cl. The second-order valence-corrected chi connectivity index (χ2v) is 13.7. The van der Waals surface area contributed by atoms with Gasteiger partial charge in [0.15, 0.2) is 15.3 Å². The number of alkyl halides is 2. The third-order valence-electron chi connectivity index (χ3n) is 10.2. The summed E-state index contributed by atoms with van der Waals surface area (Å²) in [6.45, 7) is 0. The first-order valence-electron chi connectivity index (χ1n) is 15.1. The first-order chi connectivity index (χ1) is 22.5. The molecule has 2 saturated heterocycles. The van der Waals surface area contributed by atoms with Crippen LogP contribution in [-0.4, -0.2) is 62.5 Å². The van der Waals surface area contributed by atoms with Crippen molar-refractivity contribution in [3.8, 4) is 23.0 Å². The van der Waals surface area contributed by atoms with Crippen LogP contribution in [0, 0.1) is 17.8 Å². The number of aromatic hydroxyl groups is 1. The average molecular weight is 673 g/mol. The number of benzene rings is 3. The van der Waals surface area contributed by atoms with Gasteiger partial charge in [0.2, 0.25) is 17.7 Å². The van der Waals surface area contributed by atoms with Gasteiger partial charge in [0.1, 0.15) is 17.0 Å². The minimum absolute atomic E-state index is 0.0725. The summed E-state index contributed by atoms with van der Waals surface area (Å²) in [5, 5.41) is 10.2. The molecule has 0 spiro atoms. The lowest BCUT2D eigenvalue weighted by Crippen LogP contribution is -2.60. The van der Waals surface area contributed by atoms with E-state index in [1.165, 1.54) is 31.2 Å². The van der Waals surface area contributed by atoms with Crippen LogP contribution in [-0.2, 0) is 19.2 Å². The maximum absolute atomic E-state index is 14.3. The van der Waals surface area contributed by atoms with Crippen molar-refractivity contribution in [2.45, 2.75) is 28.5 Å². The predicted molar refractivity (Wildman–Crippen MR) is 172 cm³/mol. The molecule has 4 amide bonds. The van der Waals surface area contributed by atoms with Gasteiger partial charge in [0.05, 0.1) is 24.6 Å². The van der Waals surface area contributed by atoms with Crippen LogP contribution in [0.4, 0.5) is 5.69 Å². The highest BCUT2D eigenvalue weighted by Crippen LogP contribution is 2.66. The number of anilines is 1. The van der Waals surface area contributed by atoms with E-state index in [0.717, 1.165) is 4.90 Å². The van der Waals surface area contributed by atoms with Crippen LogP contribution in [0.3, 0.4) is 0 Å². The van der Waals surface area contributed by atoms with Crippen molar-refractivity contribution >= 4 is 63.6 Å². The van der Waals surface area contributed by atoms with Crippen LogP contribution < -0.4 is 9.64 Å². The summed E-state index contributed by atoms with van der Waals surface area (Å²) in [5.74, 6) is -4.79. The number of amides is 4. The number of phenols is 1. The minimum Gasteiger partial charge on any atom is -0.508 e. The lowest BCUT2D eigenvalue weighted by molar-refractivity contribution is -0.138. The van der Waals surface area contributed by atoms with Crippen molar-refractivity contribution in [2.75, 3.05) is 19.1 Å². The number of methoxy groups -OCH3 is 1. The highest BCUT2D eigenvalue weighted by atomic mass is 35.5. The van der Waals surface area contributed by atoms with Gasteiger partial charge in [-0.3, -0.25) is 29.0 Å². The van der Waals surface area contributed by atoms with Gasteiger partial charge in [0.25, 0.3) is 11.8 Å². The molecule has 0 unspecified atom stereocenters. The van der Waals surface area contributed by atoms with Crippen LogP contribution in [0.15, 0.2) is 82.8 Å². The molecule has 4 aliphatic rings. The number of carbonyl (C=O) groups excluding carboxylic acids is 4. The van der Waals surface area contributed by atoms with E-state index >= 15 is 0 Å². The summed E-state index contributed by atoms with van der Waals surface area (Å²) >= 11 is 14.5. The Balaban J connectivity index is 1.19. The summed E-state index contributed by atoms with van der Waals surface area (Å²) in [6, 6.07) is 18.7. The molecular formula is C35H27Cl2N3O7. The number of imide groups is 2. The molecule has 1 aromatic heterocycles. The zero-order valence-corrected chi connectivity index (χ0v) is 26.7. The summed E-state index contributed by atoms with van der Waals surface area (Å²) < 4.78 is 11.5. The highest BCUT2D eigenvalue weighted by Gasteiger charge is 2.76. The molecule has 0 radical (unpaired) electrons. The first-order valence-corrected chi connectivity index (χ1v) is 15.9. The Morgan fingerprint density at radius 1 is 0.957 bits per heavy atom. The van der Waals surface area contributed by atoms with Gasteiger partial charge in [0, 0.05) is 30.2 Å². The van der Waals surface area contributed by atoms with E-state index in [4.69, 9.17) is 32.4 Å². The lowest BCUT2D eigenvalue weighted by atomic mass is 9.56. The number of halogens is 2. The summed E-state index contributed by atoms with van der Waals surface area (Å²) in [5.41, 5.74) is 3.49. The number of phenolic OH excluding ortho intramolecular Hbond substituents is 1. The third-order valence-corrected chi connectivity index (χ3v) is 11.6.